The molecule has 1 amide bonds. The Morgan fingerprint density at radius 3 is 2.55 bits per heavy atom. The van der Waals surface area contributed by atoms with Crippen LogP contribution in [0.15, 0.2) is 10.9 Å². The van der Waals surface area contributed by atoms with Crippen molar-refractivity contribution in [1.82, 2.24) is 9.88 Å². The van der Waals surface area contributed by atoms with Gasteiger partial charge in [-0.05, 0) is 20.0 Å². The highest BCUT2D eigenvalue weighted by Crippen LogP contribution is 2.31. The fraction of sp³-hybridized carbons (Fsp3) is 0.421. The van der Waals surface area contributed by atoms with Crippen LogP contribution in [0.2, 0.25) is 0 Å². The number of aromatic amines is 1. The second-order valence-electron chi connectivity index (χ2n) is 6.85. The summed E-state index contributed by atoms with van der Waals surface area (Å²) in [6.07, 6.45) is 0.364. The zero-order chi connectivity index (χ0) is 21.3. The number of hydrogen-bond donors (Lipinski definition) is 1. The number of hydrogen-bond acceptors (Lipinski definition) is 6. The molecule has 1 aliphatic heterocycles. The lowest BCUT2D eigenvalue weighted by Crippen LogP contribution is -2.45. The van der Waals surface area contributed by atoms with Gasteiger partial charge in [0.2, 0.25) is 11.8 Å². The lowest BCUT2D eigenvalue weighted by atomic mass is 10.1. The molecule has 0 aliphatic carbocycles. The van der Waals surface area contributed by atoms with E-state index in [9.17, 15) is 18.8 Å². The molecule has 10 heteroatoms. The Bertz CT molecular complexity index is 1020. The molecule has 1 aromatic heterocycles. The van der Waals surface area contributed by atoms with Crippen molar-refractivity contribution in [1.29, 1.82) is 0 Å². The molecule has 1 saturated heterocycles. The second-order valence-corrected chi connectivity index (χ2v) is 6.85. The van der Waals surface area contributed by atoms with Gasteiger partial charge in [-0.25, -0.2) is 13.6 Å². The number of benzene rings is 1. The number of likely N-dealkylation sites (N-methyl/N-ethyl adjacent to an activating group) is 1. The number of nitrogens with one attached hydrogen (secondary N) is 1. The van der Waals surface area contributed by atoms with E-state index in [4.69, 9.17) is 4.74 Å². The molecule has 0 atom stereocenters. The minimum Gasteiger partial charge on any atom is -0.462 e. The first-order valence-corrected chi connectivity index (χ1v) is 9.16. The average molecular weight is 408 g/mol. The first-order valence-electron chi connectivity index (χ1n) is 9.16. The van der Waals surface area contributed by atoms with Crippen molar-refractivity contribution in [3.63, 3.8) is 0 Å². The first kappa shape index (κ1) is 20.7. The van der Waals surface area contributed by atoms with Crippen molar-refractivity contribution in [2.75, 3.05) is 56.7 Å². The number of pyridine rings is 1. The number of anilines is 2. The number of H-pyrrole nitrogens is 1. The largest absolute Gasteiger partial charge is 0.462 e. The number of nitrogens with zero attached hydrogens (tertiary/aromatic N) is 3. The minimum atomic E-state index is -0.983. The molecule has 1 aliphatic rings. The Balaban J connectivity index is 2.26. The molecule has 29 heavy (non-hydrogen) atoms. The van der Waals surface area contributed by atoms with Crippen molar-refractivity contribution in [2.45, 2.75) is 6.92 Å². The Kier molecular flexibility index (Phi) is 5.83. The SMILES string of the molecule is CCOC(=O)c1c(N(C)C=O)[nH]c2c(F)c(N3CCN(C)CC3)c(F)cc2c1=O. The molecule has 1 aromatic carbocycles. The zero-order valence-corrected chi connectivity index (χ0v) is 16.4. The van der Waals surface area contributed by atoms with E-state index in [-0.39, 0.29) is 29.0 Å². The van der Waals surface area contributed by atoms with E-state index in [1.165, 1.54) is 7.05 Å². The molecule has 0 spiro atoms. The lowest BCUT2D eigenvalue weighted by molar-refractivity contribution is -0.107. The molecular formula is C19H22F2N4O4. The molecule has 1 fully saturated rings. The molecule has 2 aromatic rings. The summed E-state index contributed by atoms with van der Waals surface area (Å²) in [5, 5.41) is -0.330. The summed E-state index contributed by atoms with van der Waals surface area (Å²) < 4.78 is 35.0. The van der Waals surface area contributed by atoms with Gasteiger partial charge in [-0.15, -0.1) is 0 Å². The summed E-state index contributed by atoms with van der Waals surface area (Å²) in [6, 6.07) is 0.915. The van der Waals surface area contributed by atoms with E-state index in [2.05, 4.69) is 4.98 Å². The Hall–Kier alpha value is -3.01. The molecule has 0 saturated carbocycles. The first-order chi connectivity index (χ1) is 13.8. The van der Waals surface area contributed by atoms with Crippen molar-refractivity contribution < 1.29 is 23.1 Å². The number of fused-ring (bicyclic) bond motifs is 1. The van der Waals surface area contributed by atoms with Crippen LogP contribution in [0.5, 0.6) is 0 Å². The van der Waals surface area contributed by atoms with Gasteiger partial charge in [0.25, 0.3) is 0 Å². The summed E-state index contributed by atoms with van der Waals surface area (Å²) in [5.74, 6) is -3.04. The summed E-state index contributed by atoms with van der Waals surface area (Å²) in [6.45, 7) is 3.65. The molecule has 8 nitrogen and oxygen atoms in total. The molecule has 0 radical (unpaired) electrons. The van der Waals surface area contributed by atoms with Crippen LogP contribution in [-0.4, -0.2) is 69.1 Å². The highest BCUT2D eigenvalue weighted by molar-refractivity contribution is 6.01. The molecule has 156 valence electrons. The van der Waals surface area contributed by atoms with Crippen LogP contribution in [0, 0.1) is 11.6 Å². The molecule has 1 N–H and O–H groups in total. The van der Waals surface area contributed by atoms with Crippen molar-refractivity contribution in [3.05, 3.63) is 33.5 Å². The van der Waals surface area contributed by atoms with Crippen LogP contribution in [0.25, 0.3) is 10.9 Å². The molecule has 0 unspecified atom stereocenters. The quantitative estimate of drug-likeness (QED) is 0.594. The predicted octanol–water partition coefficient (Wildman–Crippen LogP) is 1.33. The Morgan fingerprint density at radius 1 is 1.31 bits per heavy atom. The van der Waals surface area contributed by atoms with Crippen LogP contribution in [-0.2, 0) is 9.53 Å². The van der Waals surface area contributed by atoms with E-state index < -0.39 is 28.6 Å². The highest BCUT2D eigenvalue weighted by Gasteiger charge is 2.28. The van der Waals surface area contributed by atoms with Crippen LogP contribution in [0.1, 0.15) is 17.3 Å². The summed E-state index contributed by atoms with van der Waals surface area (Å²) in [5.41, 5.74) is -1.92. The van der Waals surface area contributed by atoms with Crippen molar-refractivity contribution in [3.8, 4) is 0 Å². The molecule has 0 bridgehead atoms. The van der Waals surface area contributed by atoms with Gasteiger partial charge < -0.3 is 24.4 Å². The Morgan fingerprint density at radius 2 is 1.97 bits per heavy atom. The van der Waals surface area contributed by atoms with Crippen molar-refractivity contribution >= 4 is 34.8 Å². The van der Waals surface area contributed by atoms with E-state index in [0.29, 0.717) is 32.6 Å². The van der Waals surface area contributed by atoms with Crippen LogP contribution < -0.4 is 15.2 Å². The van der Waals surface area contributed by atoms with Gasteiger partial charge in [-0.3, -0.25) is 9.59 Å². The number of amides is 1. The standard InChI is InChI=1S/C19H22F2N4O4/c1-4-29-19(28)13-17(27)11-9-12(20)16(25-7-5-23(2)6-8-25)14(21)15(11)22-18(13)24(3)10-26/h9-10H,4-8H2,1-3H3,(H,22,27). The third-order valence-corrected chi connectivity index (χ3v) is 4.96. The number of ether oxygens (including phenoxy) is 1. The summed E-state index contributed by atoms with van der Waals surface area (Å²) in [4.78, 5) is 43.6. The van der Waals surface area contributed by atoms with E-state index in [1.807, 2.05) is 11.9 Å². The maximum absolute atomic E-state index is 15.3. The number of piperazine rings is 1. The highest BCUT2D eigenvalue weighted by atomic mass is 19.1. The number of aromatic nitrogens is 1. The van der Waals surface area contributed by atoms with Gasteiger partial charge in [-0.2, -0.15) is 0 Å². The fourth-order valence-corrected chi connectivity index (χ4v) is 3.36. The van der Waals surface area contributed by atoms with Gasteiger partial charge in [0.1, 0.15) is 22.9 Å². The number of esters is 1. The fourth-order valence-electron chi connectivity index (χ4n) is 3.36. The van der Waals surface area contributed by atoms with Gasteiger partial charge >= 0.3 is 5.97 Å². The molecule has 2 heterocycles. The number of carbonyl (C=O) groups is 2. The Labute approximate surface area is 165 Å². The minimum absolute atomic E-state index is 0.00831. The third kappa shape index (κ3) is 3.67. The zero-order valence-electron chi connectivity index (χ0n) is 16.4. The van der Waals surface area contributed by atoms with Gasteiger partial charge in [-0.1, -0.05) is 0 Å². The average Bonchev–Trinajstić information content (AvgIpc) is 2.69. The predicted molar refractivity (Wildman–Crippen MR) is 105 cm³/mol. The molecule has 3 rings (SSSR count). The van der Waals surface area contributed by atoms with Crippen molar-refractivity contribution in [2.24, 2.45) is 0 Å². The normalized spacial score (nSPS) is 14.9. The lowest BCUT2D eigenvalue weighted by Gasteiger charge is -2.34. The van der Waals surface area contributed by atoms with Gasteiger partial charge in [0, 0.05) is 33.2 Å². The van der Waals surface area contributed by atoms with Gasteiger partial charge in [0.05, 0.1) is 17.5 Å². The monoisotopic (exact) mass is 408 g/mol. The number of rotatable bonds is 5. The molecular weight excluding hydrogens is 386 g/mol. The van der Waals surface area contributed by atoms with E-state index in [1.54, 1.807) is 11.8 Å². The van der Waals surface area contributed by atoms with E-state index >= 15 is 4.39 Å². The van der Waals surface area contributed by atoms with Crippen LogP contribution in [0.3, 0.4) is 0 Å². The smallest absolute Gasteiger partial charge is 0.345 e. The third-order valence-electron chi connectivity index (χ3n) is 4.96. The number of carbonyl (C=O) groups excluding carboxylic acids is 2. The maximum atomic E-state index is 15.3. The van der Waals surface area contributed by atoms with Crippen LogP contribution >= 0.6 is 0 Å². The number of halogens is 2. The second kappa shape index (κ2) is 8.16. The topological polar surface area (TPSA) is 85.9 Å². The summed E-state index contributed by atoms with van der Waals surface area (Å²) in [7, 11) is 3.22. The van der Waals surface area contributed by atoms with Crippen LogP contribution in [0.4, 0.5) is 20.3 Å². The maximum Gasteiger partial charge on any atom is 0.345 e. The van der Waals surface area contributed by atoms with Gasteiger partial charge in [0.15, 0.2) is 5.82 Å². The van der Waals surface area contributed by atoms with E-state index in [0.717, 1.165) is 11.0 Å². The summed E-state index contributed by atoms with van der Waals surface area (Å²) >= 11 is 0.